The number of fused-ring (bicyclic) bond motifs is 5. The van der Waals surface area contributed by atoms with E-state index in [9.17, 15) is 15.0 Å². The van der Waals surface area contributed by atoms with Crippen LogP contribution in [0, 0.1) is 46.3 Å². The Morgan fingerprint density at radius 1 is 1.04 bits per heavy atom. The number of aliphatic hydroxyl groups excluding tert-OH is 1. The lowest BCUT2D eigenvalue weighted by Gasteiger charge is -2.61. The Hall–Kier alpha value is -0.570. The molecule has 3 heteroatoms. The number of carbonyl (C=O) groups is 1. The first-order valence-corrected chi connectivity index (χ1v) is 11.6. The van der Waals surface area contributed by atoms with Crippen molar-refractivity contribution in [1.29, 1.82) is 0 Å². The van der Waals surface area contributed by atoms with Gasteiger partial charge in [-0.15, -0.1) is 0 Å². The quantitative estimate of drug-likeness (QED) is 0.802. The van der Waals surface area contributed by atoms with E-state index in [1.54, 1.807) is 0 Å². The molecular formula is C24H39O3-. The maximum absolute atomic E-state index is 10.9. The molecule has 0 aromatic heterocycles. The Morgan fingerprint density at radius 3 is 2.48 bits per heavy atom. The molecule has 9 atom stereocenters. The Balaban J connectivity index is 1.51. The molecule has 4 saturated carbocycles. The van der Waals surface area contributed by atoms with E-state index in [4.69, 9.17) is 0 Å². The highest BCUT2D eigenvalue weighted by molar-refractivity contribution is 5.64. The van der Waals surface area contributed by atoms with Crippen LogP contribution in [0.3, 0.4) is 0 Å². The summed E-state index contributed by atoms with van der Waals surface area (Å²) in [6.45, 7) is 7.38. The van der Waals surface area contributed by atoms with Gasteiger partial charge in [-0.1, -0.05) is 20.8 Å². The zero-order valence-corrected chi connectivity index (χ0v) is 17.6. The van der Waals surface area contributed by atoms with Crippen molar-refractivity contribution < 1.29 is 15.0 Å². The van der Waals surface area contributed by atoms with Crippen LogP contribution in [0.4, 0.5) is 0 Å². The van der Waals surface area contributed by atoms with Crippen LogP contribution in [-0.2, 0) is 4.79 Å². The molecular weight excluding hydrogens is 336 g/mol. The minimum Gasteiger partial charge on any atom is -0.550 e. The van der Waals surface area contributed by atoms with Crippen molar-refractivity contribution >= 4 is 5.97 Å². The second kappa shape index (κ2) is 7.04. The number of aliphatic carboxylic acids is 1. The Morgan fingerprint density at radius 2 is 1.74 bits per heavy atom. The van der Waals surface area contributed by atoms with Gasteiger partial charge in [0.1, 0.15) is 0 Å². The number of carboxylic acid groups (broad SMARTS) is 1. The molecule has 3 nitrogen and oxygen atoms in total. The molecule has 1 N–H and O–H groups in total. The largest absolute Gasteiger partial charge is 0.550 e. The zero-order chi connectivity index (χ0) is 19.4. The van der Waals surface area contributed by atoms with Crippen molar-refractivity contribution in [1.82, 2.24) is 0 Å². The lowest BCUT2D eigenvalue weighted by Crippen LogP contribution is -2.54. The monoisotopic (exact) mass is 375 g/mol. The second-order valence-electron chi connectivity index (χ2n) is 11.2. The van der Waals surface area contributed by atoms with Gasteiger partial charge in [0.2, 0.25) is 0 Å². The summed E-state index contributed by atoms with van der Waals surface area (Å²) in [7, 11) is 0. The zero-order valence-electron chi connectivity index (χ0n) is 17.6. The number of carbonyl (C=O) groups excluding carboxylic acids is 1. The molecule has 0 bridgehead atoms. The van der Waals surface area contributed by atoms with Crippen molar-refractivity contribution in [3.8, 4) is 0 Å². The average Bonchev–Trinajstić information content (AvgIpc) is 2.97. The van der Waals surface area contributed by atoms with Gasteiger partial charge in [-0.25, -0.2) is 0 Å². The smallest absolute Gasteiger partial charge is 0.0543 e. The van der Waals surface area contributed by atoms with E-state index in [1.165, 1.54) is 44.9 Å². The first-order valence-electron chi connectivity index (χ1n) is 11.6. The van der Waals surface area contributed by atoms with Gasteiger partial charge in [-0.2, -0.15) is 0 Å². The molecule has 0 spiro atoms. The predicted octanol–water partition coefficient (Wildman–Crippen LogP) is 4.17. The van der Waals surface area contributed by atoms with E-state index < -0.39 is 5.97 Å². The fraction of sp³-hybridized carbons (Fsp3) is 0.958. The van der Waals surface area contributed by atoms with E-state index in [1.807, 2.05) is 0 Å². The molecule has 154 valence electrons. The van der Waals surface area contributed by atoms with Crippen LogP contribution in [0.15, 0.2) is 0 Å². The molecule has 0 aromatic carbocycles. The number of rotatable bonds is 4. The molecule has 0 radical (unpaired) electrons. The fourth-order valence-corrected chi connectivity index (χ4v) is 8.76. The predicted molar refractivity (Wildman–Crippen MR) is 105 cm³/mol. The highest BCUT2D eigenvalue weighted by Gasteiger charge is 2.60. The van der Waals surface area contributed by atoms with E-state index >= 15 is 0 Å². The average molecular weight is 376 g/mol. The van der Waals surface area contributed by atoms with Gasteiger partial charge in [0.15, 0.2) is 0 Å². The van der Waals surface area contributed by atoms with Crippen molar-refractivity contribution in [3.63, 3.8) is 0 Å². The highest BCUT2D eigenvalue weighted by Crippen LogP contribution is 2.68. The number of hydrogen-bond donors (Lipinski definition) is 1. The van der Waals surface area contributed by atoms with Crippen molar-refractivity contribution in [3.05, 3.63) is 0 Å². The van der Waals surface area contributed by atoms with Crippen LogP contribution in [0.2, 0.25) is 0 Å². The van der Waals surface area contributed by atoms with Crippen molar-refractivity contribution in [2.24, 2.45) is 46.3 Å². The molecule has 4 rings (SSSR count). The van der Waals surface area contributed by atoms with Gasteiger partial charge in [0.05, 0.1) is 6.10 Å². The highest BCUT2D eigenvalue weighted by atomic mass is 16.4. The minimum atomic E-state index is -0.893. The van der Waals surface area contributed by atoms with Crippen molar-refractivity contribution in [2.45, 2.75) is 97.5 Å². The van der Waals surface area contributed by atoms with Crippen LogP contribution >= 0.6 is 0 Å². The van der Waals surface area contributed by atoms with Crippen LogP contribution in [0.5, 0.6) is 0 Å². The minimum absolute atomic E-state index is 0.0612. The lowest BCUT2D eigenvalue weighted by atomic mass is 9.44. The molecule has 0 aliphatic heterocycles. The van der Waals surface area contributed by atoms with E-state index in [0.717, 1.165) is 42.9 Å². The third-order valence-corrected chi connectivity index (χ3v) is 10.2. The summed E-state index contributed by atoms with van der Waals surface area (Å²) in [5.41, 5.74) is 0.853. The topological polar surface area (TPSA) is 60.4 Å². The van der Waals surface area contributed by atoms with Gasteiger partial charge in [0.25, 0.3) is 0 Å². The van der Waals surface area contributed by atoms with Gasteiger partial charge < -0.3 is 15.0 Å². The van der Waals surface area contributed by atoms with Gasteiger partial charge in [-0.3, -0.25) is 0 Å². The lowest BCUT2D eigenvalue weighted by molar-refractivity contribution is -0.306. The van der Waals surface area contributed by atoms with Crippen molar-refractivity contribution in [2.75, 3.05) is 0 Å². The Labute approximate surface area is 165 Å². The number of aliphatic hydroxyl groups is 1. The maximum Gasteiger partial charge on any atom is 0.0543 e. The first-order chi connectivity index (χ1) is 12.8. The van der Waals surface area contributed by atoms with E-state index in [0.29, 0.717) is 22.7 Å². The molecule has 0 saturated heterocycles. The Kier molecular flexibility index (Phi) is 5.15. The summed E-state index contributed by atoms with van der Waals surface area (Å²) >= 11 is 0. The molecule has 27 heavy (non-hydrogen) atoms. The van der Waals surface area contributed by atoms with Crippen LogP contribution in [0.1, 0.15) is 91.4 Å². The third kappa shape index (κ3) is 3.16. The summed E-state index contributed by atoms with van der Waals surface area (Å²) in [6.07, 6.45) is 12.2. The van der Waals surface area contributed by atoms with Gasteiger partial charge in [-0.05, 0) is 117 Å². The molecule has 4 fully saturated rings. The second-order valence-corrected chi connectivity index (χ2v) is 11.2. The van der Waals surface area contributed by atoms with E-state index in [-0.39, 0.29) is 12.5 Å². The summed E-state index contributed by atoms with van der Waals surface area (Å²) < 4.78 is 0. The SMILES string of the molecule is C[C@H](CCC(=O)[O-])[C@H]1CC[C@H]2[C@@H]3CC[C@@H]4C[C@@H](O)CC[C@]4(C)[C@H]3CC[C@]12C. The molecule has 0 unspecified atom stereocenters. The number of hydrogen-bond acceptors (Lipinski definition) is 3. The Bertz CT molecular complexity index is 574. The standard InChI is InChI=1S/C24H40O3/c1-15(4-9-22(26)27)19-7-8-20-18-6-5-16-14-17(25)10-12-23(16,2)21(18)11-13-24(19,20)3/h15-21,25H,4-14H2,1-3H3,(H,26,27)/p-1/t15-,16-,17+,18+,19-,20+,21+,23+,24-/m1/s1. The molecule has 4 aliphatic carbocycles. The molecule has 4 aliphatic rings. The normalized spacial score (nSPS) is 50.4. The van der Waals surface area contributed by atoms with Crippen LogP contribution < -0.4 is 5.11 Å². The summed E-state index contributed by atoms with van der Waals surface area (Å²) in [6, 6.07) is 0. The van der Waals surface area contributed by atoms with Crippen LogP contribution in [-0.4, -0.2) is 17.2 Å². The third-order valence-electron chi connectivity index (χ3n) is 10.2. The maximum atomic E-state index is 10.9. The number of carboxylic acids is 1. The summed E-state index contributed by atoms with van der Waals surface area (Å²) in [5.74, 6) is 3.55. The molecule has 0 aromatic rings. The van der Waals surface area contributed by atoms with Gasteiger partial charge >= 0.3 is 0 Å². The summed E-state index contributed by atoms with van der Waals surface area (Å²) in [4.78, 5) is 10.9. The van der Waals surface area contributed by atoms with E-state index in [2.05, 4.69) is 20.8 Å². The fourth-order valence-electron chi connectivity index (χ4n) is 8.76. The van der Waals surface area contributed by atoms with Crippen LogP contribution in [0.25, 0.3) is 0 Å². The molecule has 0 amide bonds. The molecule has 0 heterocycles. The summed E-state index contributed by atoms with van der Waals surface area (Å²) in [5, 5.41) is 21.1. The first kappa shape index (κ1) is 19.7. The van der Waals surface area contributed by atoms with Gasteiger partial charge in [0, 0.05) is 5.97 Å².